The van der Waals surface area contributed by atoms with Gasteiger partial charge < -0.3 is 10.1 Å². The first-order chi connectivity index (χ1) is 10.2. The number of fused-ring (bicyclic) bond motifs is 1. The first-order valence-corrected chi connectivity index (χ1v) is 6.66. The maximum absolute atomic E-state index is 12.3. The van der Waals surface area contributed by atoms with Crippen molar-refractivity contribution in [3.8, 4) is 0 Å². The Morgan fingerprint density at radius 3 is 2.41 bits per heavy atom. The van der Waals surface area contributed by atoms with Gasteiger partial charge in [-0.05, 0) is 36.1 Å². The van der Waals surface area contributed by atoms with Crippen LogP contribution >= 0.6 is 0 Å². The summed E-state index contributed by atoms with van der Waals surface area (Å²) in [6, 6.07) is 5.76. The molecule has 0 saturated heterocycles. The molecule has 0 atom stereocenters. The second-order valence-corrected chi connectivity index (χ2v) is 4.62. The van der Waals surface area contributed by atoms with Crippen molar-refractivity contribution in [2.75, 3.05) is 0 Å². The van der Waals surface area contributed by atoms with Gasteiger partial charge in [0.05, 0.1) is 5.56 Å². The summed E-state index contributed by atoms with van der Waals surface area (Å²) >= 11 is 0. The van der Waals surface area contributed by atoms with Gasteiger partial charge in [-0.1, -0.05) is 13.3 Å². The number of hydrogen-bond donors (Lipinski definition) is 2. The molecule has 0 aliphatic carbocycles. The predicted molar refractivity (Wildman–Crippen MR) is 76.7 cm³/mol. The molecule has 1 aromatic heterocycles. The van der Waals surface area contributed by atoms with Crippen molar-refractivity contribution in [3.63, 3.8) is 0 Å². The van der Waals surface area contributed by atoms with Gasteiger partial charge in [0.2, 0.25) is 5.56 Å². The molecule has 0 fully saturated rings. The van der Waals surface area contributed by atoms with Gasteiger partial charge >= 0.3 is 12.1 Å². The highest BCUT2D eigenvalue weighted by atomic mass is 19.4. The minimum atomic E-state index is -4.36. The summed E-state index contributed by atoms with van der Waals surface area (Å²) in [6.45, 7) is 1.98. The molecule has 2 rings (SSSR count). The molecular formula is C15H16F3NO3. The number of unbranched alkanes of at least 4 members (excludes halogenated alkanes) is 1. The lowest BCUT2D eigenvalue weighted by molar-refractivity contribution is -0.138. The van der Waals surface area contributed by atoms with Gasteiger partial charge in [-0.2, -0.15) is 13.2 Å². The van der Waals surface area contributed by atoms with Crippen molar-refractivity contribution in [2.45, 2.75) is 32.4 Å². The van der Waals surface area contributed by atoms with Gasteiger partial charge in [-0.3, -0.25) is 9.59 Å². The van der Waals surface area contributed by atoms with Crippen LogP contribution in [0, 0.1) is 0 Å². The number of hydrogen-bond acceptors (Lipinski definition) is 2. The molecule has 0 bridgehead atoms. The Morgan fingerprint density at radius 2 is 1.91 bits per heavy atom. The van der Waals surface area contributed by atoms with Gasteiger partial charge in [0.25, 0.3) is 0 Å². The molecule has 0 unspecified atom stereocenters. The third-order valence-electron chi connectivity index (χ3n) is 2.80. The molecule has 1 heterocycles. The number of carboxylic acids is 1. The second kappa shape index (κ2) is 7.63. The number of pyridine rings is 1. The molecular weight excluding hydrogens is 299 g/mol. The fourth-order valence-electron chi connectivity index (χ4n) is 1.66. The number of alkyl halides is 3. The lowest BCUT2D eigenvalue weighted by Gasteiger charge is -2.06. The molecule has 120 valence electrons. The average molecular weight is 315 g/mol. The number of nitrogens with one attached hydrogen (secondary N) is 1. The van der Waals surface area contributed by atoms with Gasteiger partial charge in [0.15, 0.2) is 0 Å². The predicted octanol–water partition coefficient (Wildman–Crippen LogP) is 3.81. The fraction of sp³-hybridized carbons (Fsp3) is 0.333. The van der Waals surface area contributed by atoms with Crippen molar-refractivity contribution >= 4 is 16.9 Å². The van der Waals surface area contributed by atoms with E-state index in [1.54, 1.807) is 0 Å². The normalized spacial score (nSPS) is 10.9. The number of halogens is 3. The Bertz CT molecular complexity index is 692. The Hall–Kier alpha value is -2.31. The van der Waals surface area contributed by atoms with Gasteiger partial charge in [-0.15, -0.1) is 0 Å². The van der Waals surface area contributed by atoms with Crippen LogP contribution in [0.25, 0.3) is 10.9 Å². The summed E-state index contributed by atoms with van der Waals surface area (Å²) in [7, 11) is 0. The Balaban J connectivity index is 0.000000295. The van der Waals surface area contributed by atoms with E-state index in [0.717, 1.165) is 25.0 Å². The van der Waals surface area contributed by atoms with E-state index < -0.39 is 17.7 Å². The monoisotopic (exact) mass is 315 g/mol. The molecule has 0 radical (unpaired) electrons. The zero-order valence-corrected chi connectivity index (χ0v) is 11.9. The standard InChI is InChI=1S/C10H6F3NO.C5H10O2/c11-10(12,13)7-2-3-8-6(5-7)1-4-9(15)14-8;1-2-3-4-5(6)7/h1-5H,(H,14,15);2-4H2,1H3,(H,6,7). The van der Waals surface area contributed by atoms with Crippen LogP contribution < -0.4 is 5.56 Å². The van der Waals surface area contributed by atoms with Crippen LogP contribution in [0.2, 0.25) is 0 Å². The van der Waals surface area contributed by atoms with Crippen LogP contribution in [0.4, 0.5) is 13.2 Å². The van der Waals surface area contributed by atoms with Crippen molar-refractivity contribution in [1.29, 1.82) is 0 Å². The van der Waals surface area contributed by atoms with Crippen LogP contribution in [0.3, 0.4) is 0 Å². The van der Waals surface area contributed by atoms with E-state index in [1.807, 2.05) is 6.92 Å². The minimum Gasteiger partial charge on any atom is -0.481 e. The summed E-state index contributed by atoms with van der Waals surface area (Å²) in [4.78, 5) is 23.1. The largest absolute Gasteiger partial charge is 0.481 e. The van der Waals surface area contributed by atoms with Crippen LogP contribution in [-0.4, -0.2) is 16.1 Å². The van der Waals surface area contributed by atoms with E-state index in [0.29, 0.717) is 17.3 Å². The van der Waals surface area contributed by atoms with Gasteiger partial charge in [-0.25, -0.2) is 0 Å². The highest BCUT2D eigenvalue weighted by molar-refractivity contribution is 5.79. The first-order valence-electron chi connectivity index (χ1n) is 6.66. The number of carbonyl (C=O) groups is 1. The smallest absolute Gasteiger partial charge is 0.416 e. The maximum Gasteiger partial charge on any atom is 0.416 e. The summed E-state index contributed by atoms with van der Waals surface area (Å²) in [5.41, 5.74) is -0.653. The van der Waals surface area contributed by atoms with E-state index in [2.05, 4.69) is 4.98 Å². The molecule has 0 aliphatic heterocycles. The summed E-state index contributed by atoms with van der Waals surface area (Å²) in [5.74, 6) is -0.693. The van der Waals surface area contributed by atoms with E-state index >= 15 is 0 Å². The first kappa shape index (κ1) is 17.7. The number of aromatic amines is 1. The zero-order valence-electron chi connectivity index (χ0n) is 11.9. The fourth-order valence-corrected chi connectivity index (χ4v) is 1.66. The number of rotatable bonds is 3. The minimum absolute atomic E-state index is 0.316. The van der Waals surface area contributed by atoms with Crippen molar-refractivity contribution < 1.29 is 23.1 Å². The molecule has 0 amide bonds. The Morgan fingerprint density at radius 1 is 1.23 bits per heavy atom. The highest BCUT2D eigenvalue weighted by Crippen LogP contribution is 2.30. The molecule has 2 N–H and O–H groups in total. The Kier molecular flexibility index (Phi) is 6.15. The van der Waals surface area contributed by atoms with E-state index in [9.17, 15) is 22.8 Å². The van der Waals surface area contributed by atoms with E-state index in [-0.39, 0.29) is 5.56 Å². The maximum atomic E-state index is 12.3. The highest BCUT2D eigenvalue weighted by Gasteiger charge is 2.30. The SMILES string of the molecule is CCCCC(=O)O.O=c1ccc2cc(C(F)(F)F)ccc2[nH]1. The summed E-state index contributed by atoms with van der Waals surface area (Å²) in [6.07, 6.45) is -2.28. The molecule has 0 spiro atoms. The number of benzene rings is 1. The molecule has 0 aliphatic rings. The second-order valence-electron chi connectivity index (χ2n) is 4.62. The van der Waals surface area contributed by atoms with Gasteiger partial charge in [0, 0.05) is 18.0 Å². The number of aliphatic carboxylic acids is 1. The molecule has 4 nitrogen and oxygen atoms in total. The lowest BCUT2D eigenvalue weighted by atomic mass is 10.1. The zero-order chi connectivity index (χ0) is 16.8. The molecule has 2 aromatic rings. The van der Waals surface area contributed by atoms with E-state index in [4.69, 9.17) is 5.11 Å². The average Bonchev–Trinajstić information content (AvgIpc) is 2.44. The van der Waals surface area contributed by atoms with Crippen molar-refractivity contribution in [3.05, 3.63) is 46.2 Å². The third-order valence-corrected chi connectivity index (χ3v) is 2.80. The van der Waals surface area contributed by atoms with Gasteiger partial charge in [0.1, 0.15) is 0 Å². The molecule has 7 heteroatoms. The quantitative estimate of drug-likeness (QED) is 0.905. The Labute approximate surface area is 124 Å². The lowest BCUT2D eigenvalue weighted by Crippen LogP contribution is -2.06. The van der Waals surface area contributed by atoms with Crippen LogP contribution in [0.1, 0.15) is 31.7 Å². The third kappa shape index (κ3) is 5.59. The topological polar surface area (TPSA) is 70.2 Å². The van der Waals surface area contributed by atoms with Crippen molar-refractivity contribution in [2.24, 2.45) is 0 Å². The number of carboxylic acid groups (broad SMARTS) is 1. The summed E-state index contributed by atoms with van der Waals surface area (Å²) < 4.78 is 37.0. The van der Waals surface area contributed by atoms with E-state index in [1.165, 1.54) is 18.2 Å². The van der Waals surface area contributed by atoms with Crippen LogP contribution in [0.5, 0.6) is 0 Å². The van der Waals surface area contributed by atoms with Crippen LogP contribution in [-0.2, 0) is 11.0 Å². The van der Waals surface area contributed by atoms with Crippen molar-refractivity contribution in [1.82, 2.24) is 4.98 Å². The molecule has 22 heavy (non-hydrogen) atoms. The molecule has 0 saturated carbocycles. The number of H-pyrrole nitrogens is 1. The van der Waals surface area contributed by atoms with Crippen LogP contribution in [0.15, 0.2) is 35.1 Å². The summed E-state index contributed by atoms with van der Waals surface area (Å²) in [5, 5.41) is 8.41. The molecule has 1 aromatic carbocycles. The number of aromatic nitrogens is 1.